The molecular weight excluding hydrogens is 420 g/mol. The average molecular weight is 431 g/mol. The van der Waals surface area contributed by atoms with Gasteiger partial charge in [0.1, 0.15) is 5.82 Å². The molecule has 0 fully saturated rings. The molecule has 0 bridgehead atoms. The number of benzene rings is 3. The van der Waals surface area contributed by atoms with E-state index in [4.69, 9.17) is 11.6 Å². The van der Waals surface area contributed by atoms with Crippen LogP contribution in [0, 0.1) is 5.82 Å². The molecule has 9 heteroatoms. The third kappa shape index (κ3) is 3.99. The van der Waals surface area contributed by atoms with E-state index in [0.717, 1.165) is 17.7 Å². The third-order valence-corrected chi connectivity index (χ3v) is 4.67. The maximum atomic E-state index is 14.0. The van der Waals surface area contributed by atoms with Gasteiger partial charge in [0, 0.05) is 5.56 Å². The molecule has 4 nitrogen and oxygen atoms in total. The summed E-state index contributed by atoms with van der Waals surface area (Å²) in [5, 5.41) is 15.9. The van der Waals surface area contributed by atoms with Crippen molar-refractivity contribution in [1.82, 2.24) is 20.4 Å². The molecule has 0 spiro atoms. The van der Waals surface area contributed by atoms with E-state index in [0.29, 0.717) is 11.1 Å². The van der Waals surface area contributed by atoms with E-state index in [1.54, 1.807) is 24.3 Å². The number of aromatic nitrogens is 4. The standard InChI is InChI=1S/C21H11ClF4N4/c22-16-2-1-3-17(23)18(16)20-29-27-19(28-30-20)14-6-4-12(5-7-14)13-8-10-15(11-9-13)21(24,25)26/h1-11H. The first kappa shape index (κ1) is 19.9. The lowest BCUT2D eigenvalue weighted by Gasteiger charge is -2.08. The highest BCUT2D eigenvalue weighted by atomic mass is 35.5. The van der Waals surface area contributed by atoms with Crippen molar-refractivity contribution in [3.05, 3.63) is 83.1 Å². The number of nitrogens with zero attached hydrogens (tertiary/aromatic N) is 4. The average Bonchev–Trinajstić information content (AvgIpc) is 2.74. The molecule has 4 aromatic rings. The zero-order valence-electron chi connectivity index (χ0n) is 15.0. The van der Waals surface area contributed by atoms with Crippen molar-refractivity contribution >= 4 is 11.6 Å². The van der Waals surface area contributed by atoms with Crippen LogP contribution < -0.4 is 0 Å². The molecule has 0 saturated heterocycles. The van der Waals surface area contributed by atoms with E-state index >= 15 is 0 Å². The van der Waals surface area contributed by atoms with Gasteiger partial charge in [0.05, 0.1) is 16.1 Å². The van der Waals surface area contributed by atoms with Gasteiger partial charge in [0.15, 0.2) is 0 Å². The summed E-state index contributed by atoms with van der Waals surface area (Å²) >= 11 is 5.99. The molecule has 0 aliphatic carbocycles. The van der Waals surface area contributed by atoms with Gasteiger partial charge < -0.3 is 0 Å². The minimum absolute atomic E-state index is 0.0170. The second-order valence-electron chi connectivity index (χ2n) is 6.30. The predicted molar refractivity (Wildman–Crippen MR) is 104 cm³/mol. The first-order valence-corrected chi connectivity index (χ1v) is 9.00. The Hall–Kier alpha value is -3.39. The fourth-order valence-corrected chi connectivity index (χ4v) is 3.07. The Morgan fingerprint density at radius 1 is 0.633 bits per heavy atom. The van der Waals surface area contributed by atoms with Crippen LogP contribution in [0.5, 0.6) is 0 Å². The Kier molecular flexibility index (Phi) is 5.17. The second kappa shape index (κ2) is 7.79. The van der Waals surface area contributed by atoms with Crippen molar-refractivity contribution in [2.75, 3.05) is 0 Å². The highest BCUT2D eigenvalue weighted by molar-refractivity contribution is 6.33. The van der Waals surface area contributed by atoms with Crippen LogP contribution in [0.15, 0.2) is 66.7 Å². The van der Waals surface area contributed by atoms with Crippen molar-refractivity contribution in [2.24, 2.45) is 0 Å². The van der Waals surface area contributed by atoms with E-state index < -0.39 is 17.6 Å². The maximum Gasteiger partial charge on any atom is 0.416 e. The lowest BCUT2D eigenvalue weighted by atomic mass is 10.0. The van der Waals surface area contributed by atoms with E-state index in [-0.39, 0.29) is 22.2 Å². The lowest BCUT2D eigenvalue weighted by molar-refractivity contribution is -0.137. The molecule has 3 aromatic carbocycles. The number of hydrogen-bond donors (Lipinski definition) is 0. The Morgan fingerprint density at radius 2 is 1.13 bits per heavy atom. The highest BCUT2D eigenvalue weighted by Gasteiger charge is 2.29. The van der Waals surface area contributed by atoms with Crippen LogP contribution in [0.1, 0.15) is 5.56 Å². The molecule has 0 saturated carbocycles. The van der Waals surface area contributed by atoms with Crippen LogP contribution in [0.25, 0.3) is 33.9 Å². The lowest BCUT2D eigenvalue weighted by Crippen LogP contribution is -2.04. The predicted octanol–water partition coefficient (Wildman–Crippen LogP) is 6.08. The molecule has 4 rings (SSSR count). The molecule has 0 atom stereocenters. The number of alkyl halides is 3. The van der Waals surface area contributed by atoms with Gasteiger partial charge >= 0.3 is 6.18 Å². The summed E-state index contributed by atoms with van der Waals surface area (Å²) in [5.74, 6) is -0.409. The normalized spacial score (nSPS) is 11.5. The molecule has 0 radical (unpaired) electrons. The van der Waals surface area contributed by atoms with Gasteiger partial charge in [0.25, 0.3) is 0 Å². The van der Waals surface area contributed by atoms with Gasteiger partial charge in [-0.05, 0) is 35.4 Å². The number of halogens is 5. The molecular formula is C21H11ClF4N4. The van der Waals surface area contributed by atoms with Gasteiger partial charge in [-0.2, -0.15) is 13.2 Å². The van der Waals surface area contributed by atoms with Crippen LogP contribution in [-0.4, -0.2) is 20.4 Å². The van der Waals surface area contributed by atoms with Crippen molar-refractivity contribution in [1.29, 1.82) is 0 Å². The Morgan fingerprint density at radius 3 is 1.67 bits per heavy atom. The van der Waals surface area contributed by atoms with E-state index in [9.17, 15) is 17.6 Å². The molecule has 0 amide bonds. The summed E-state index contributed by atoms with van der Waals surface area (Å²) in [5.41, 5.74) is 1.27. The highest BCUT2D eigenvalue weighted by Crippen LogP contribution is 2.31. The van der Waals surface area contributed by atoms with Crippen LogP contribution in [-0.2, 0) is 6.18 Å². The Balaban J connectivity index is 1.57. The van der Waals surface area contributed by atoms with Crippen LogP contribution in [0.2, 0.25) is 5.02 Å². The van der Waals surface area contributed by atoms with Crippen LogP contribution in [0.3, 0.4) is 0 Å². The minimum atomic E-state index is -4.38. The van der Waals surface area contributed by atoms with E-state index in [2.05, 4.69) is 20.4 Å². The largest absolute Gasteiger partial charge is 0.416 e. The van der Waals surface area contributed by atoms with E-state index in [1.807, 2.05) is 0 Å². The summed E-state index contributed by atoms with van der Waals surface area (Å²) < 4.78 is 52.0. The molecule has 0 aliphatic rings. The van der Waals surface area contributed by atoms with Crippen molar-refractivity contribution in [2.45, 2.75) is 6.18 Å². The summed E-state index contributed by atoms with van der Waals surface area (Å²) in [6.45, 7) is 0. The maximum absolute atomic E-state index is 14.0. The second-order valence-corrected chi connectivity index (χ2v) is 6.70. The van der Waals surface area contributed by atoms with E-state index in [1.165, 1.54) is 30.3 Å². The first-order chi connectivity index (χ1) is 14.3. The zero-order chi connectivity index (χ0) is 21.3. The summed E-state index contributed by atoms with van der Waals surface area (Å²) in [6, 6.07) is 15.9. The van der Waals surface area contributed by atoms with Gasteiger partial charge in [-0.1, -0.05) is 54.1 Å². The fourth-order valence-electron chi connectivity index (χ4n) is 2.82. The van der Waals surface area contributed by atoms with Gasteiger partial charge in [-0.3, -0.25) is 0 Å². The molecule has 30 heavy (non-hydrogen) atoms. The quantitative estimate of drug-likeness (QED) is 0.370. The molecule has 0 aliphatic heterocycles. The smallest absolute Gasteiger partial charge is 0.206 e. The van der Waals surface area contributed by atoms with Gasteiger partial charge in [0.2, 0.25) is 11.6 Å². The Labute approximate surface area is 173 Å². The topological polar surface area (TPSA) is 51.6 Å². The Bertz CT molecular complexity index is 1160. The van der Waals surface area contributed by atoms with Gasteiger partial charge in [-0.15, -0.1) is 20.4 Å². The van der Waals surface area contributed by atoms with Crippen LogP contribution in [0.4, 0.5) is 17.6 Å². The first-order valence-electron chi connectivity index (χ1n) is 8.63. The molecule has 0 N–H and O–H groups in total. The van der Waals surface area contributed by atoms with Crippen molar-refractivity contribution < 1.29 is 17.6 Å². The van der Waals surface area contributed by atoms with Crippen LogP contribution >= 0.6 is 11.6 Å². The van der Waals surface area contributed by atoms with Gasteiger partial charge in [-0.25, -0.2) is 4.39 Å². The fraction of sp³-hybridized carbons (Fsp3) is 0.0476. The van der Waals surface area contributed by atoms with Crippen molar-refractivity contribution in [3.8, 4) is 33.9 Å². The van der Waals surface area contributed by atoms with Crippen molar-refractivity contribution in [3.63, 3.8) is 0 Å². The SMILES string of the molecule is Fc1cccc(Cl)c1-c1nnc(-c2ccc(-c3ccc(C(F)(F)F)cc3)cc2)nn1. The molecule has 1 heterocycles. The summed E-state index contributed by atoms with van der Waals surface area (Å²) in [6.07, 6.45) is -4.38. The third-order valence-electron chi connectivity index (χ3n) is 4.35. The summed E-state index contributed by atoms with van der Waals surface area (Å²) in [4.78, 5) is 0. The number of rotatable bonds is 3. The summed E-state index contributed by atoms with van der Waals surface area (Å²) in [7, 11) is 0. The zero-order valence-corrected chi connectivity index (χ0v) is 15.8. The molecule has 150 valence electrons. The minimum Gasteiger partial charge on any atom is -0.206 e. The molecule has 1 aromatic heterocycles. The number of hydrogen-bond acceptors (Lipinski definition) is 4. The molecule has 0 unspecified atom stereocenters. The monoisotopic (exact) mass is 430 g/mol.